The highest BCUT2D eigenvalue weighted by Crippen LogP contribution is 2.35. The van der Waals surface area contributed by atoms with Gasteiger partial charge in [-0.15, -0.1) is 0 Å². The van der Waals surface area contributed by atoms with Crippen molar-refractivity contribution in [2.75, 3.05) is 0 Å². The summed E-state index contributed by atoms with van der Waals surface area (Å²) in [6, 6.07) is 16.6. The summed E-state index contributed by atoms with van der Waals surface area (Å²) in [5, 5.41) is 3.32. The van der Waals surface area contributed by atoms with Crippen molar-refractivity contribution in [3.05, 3.63) is 97.6 Å². The molecule has 2 aromatic carbocycles. The molecule has 0 fully saturated rings. The Kier molecular flexibility index (Phi) is 4.95. The maximum atomic E-state index is 12.5. The molecular weight excluding hydrogens is 403 g/mol. The maximum Gasteiger partial charge on any atom is 0.274 e. The summed E-state index contributed by atoms with van der Waals surface area (Å²) in [5.74, 6) is 0.945. The van der Waals surface area contributed by atoms with Crippen LogP contribution in [0.3, 0.4) is 0 Å². The molecular formula is C19H14Cl2N4OS. The van der Waals surface area contributed by atoms with Crippen LogP contribution in [-0.2, 0) is 6.42 Å². The summed E-state index contributed by atoms with van der Waals surface area (Å²) in [5.41, 5.74) is 1.97. The van der Waals surface area contributed by atoms with Gasteiger partial charge >= 0.3 is 0 Å². The van der Waals surface area contributed by atoms with Crippen LogP contribution in [0.4, 0.5) is 0 Å². The van der Waals surface area contributed by atoms with Gasteiger partial charge in [-0.05, 0) is 17.2 Å². The molecule has 0 aliphatic rings. The highest BCUT2D eigenvalue weighted by Gasteiger charge is 2.18. The van der Waals surface area contributed by atoms with Crippen molar-refractivity contribution in [2.24, 2.45) is 0 Å². The minimum absolute atomic E-state index is 0.265. The van der Waals surface area contributed by atoms with E-state index in [0.29, 0.717) is 39.3 Å². The van der Waals surface area contributed by atoms with Crippen molar-refractivity contribution in [1.82, 2.24) is 19.6 Å². The van der Waals surface area contributed by atoms with E-state index in [-0.39, 0.29) is 5.56 Å². The first kappa shape index (κ1) is 18.1. The van der Waals surface area contributed by atoms with Crippen LogP contribution in [0.5, 0.6) is 0 Å². The van der Waals surface area contributed by atoms with Crippen LogP contribution in [0.1, 0.15) is 27.9 Å². The summed E-state index contributed by atoms with van der Waals surface area (Å²) in [4.78, 5) is 21.4. The topological polar surface area (TPSA) is 63.0 Å². The lowest BCUT2D eigenvalue weighted by atomic mass is 10.1. The van der Waals surface area contributed by atoms with E-state index in [2.05, 4.69) is 27.7 Å². The Balaban J connectivity index is 1.73. The standard InChI is InChI=1S/C19H14Cl2N4OS/c20-13-8-4-7-12(17(13)21)18(27)14-10-16(26)25-19(22-14)23-15(24-25)9-11-5-2-1-3-6-11/h1-8,10,18,27H,9H2,(H,22,23,24). The molecule has 2 aromatic heterocycles. The molecule has 4 rings (SSSR count). The van der Waals surface area contributed by atoms with E-state index in [1.165, 1.54) is 10.6 Å². The van der Waals surface area contributed by atoms with Crippen LogP contribution in [0.25, 0.3) is 5.78 Å². The van der Waals surface area contributed by atoms with E-state index in [0.717, 1.165) is 5.56 Å². The fraction of sp³-hybridized carbons (Fsp3) is 0.105. The molecule has 0 saturated heterocycles. The van der Waals surface area contributed by atoms with Gasteiger partial charge in [0.15, 0.2) is 0 Å². The van der Waals surface area contributed by atoms with Gasteiger partial charge in [-0.2, -0.15) is 22.1 Å². The van der Waals surface area contributed by atoms with E-state index >= 15 is 0 Å². The smallest absolute Gasteiger partial charge is 0.274 e. The van der Waals surface area contributed by atoms with Gasteiger partial charge in [-0.25, -0.2) is 4.98 Å². The van der Waals surface area contributed by atoms with E-state index in [4.69, 9.17) is 23.2 Å². The third kappa shape index (κ3) is 3.60. The van der Waals surface area contributed by atoms with E-state index in [1.54, 1.807) is 18.2 Å². The Morgan fingerprint density at radius 2 is 1.85 bits per heavy atom. The van der Waals surface area contributed by atoms with Gasteiger partial charge in [0.2, 0.25) is 0 Å². The number of halogens is 2. The van der Waals surface area contributed by atoms with Crippen LogP contribution < -0.4 is 5.56 Å². The van der Waals surface area contributed by atoms with Gasteiger partial charge in [0.05, 0.1) is 21.0 Å². The summed E-state index contributed by atoms with van der Waals surface area (Å²) in [6.07, 6.45) is 0.573. The molecule has 1 atom stereocenters. The van der Waals surface area contributed by atoms with Crippen LogP contribution in [0.2, 0.25) is 10.0 Å². The van der Waals surface area contributed by atoms with Crippen molar-refractivity contribution in [2.45, 2.75) is 11.7 Å². The van der Waals surface area contributed by atoms with Crippen LogP contribution in [0.15, 0.2) is 59.4 Å². The maximum absolute atomic E-state index is 12.5. The largest absolute Gasteiger partial charge is 0.275 e. The Hall–Kier alpha value is -2.28. The molecule has 2 heterocycles. The van der Waals surface area contributed by atoms with Crippen molar-refractivity contribution in [1.29, 1.82) is 0 Å². The molecule has 1 unspecified atom stereocenters. The second-order valence-corrected chi connectivity index (χ2v) is 7.33. The highest BCUT2D eigenvalue weighted by molar-refractivity contribution is 7.80. The quantitative estimate of drug-likeness (QED) is 0.486. The average Bonchev–Trinajstić information content (AvgIpc) is 3.07. The average molecular weight is 417 g/mol. The molecule has 1 N–H and O–H groups in total. The highest BCUT2D eigenvalue weighted by atomic mass is 35.5. The predicted octanol–water partition coefficient (Wildman–Crippen LogP) is 4.33. The lowest BCUT2D eigenvalue weighted by Gasteiger charge is -2.12. The Bertz CT molecular complexity index is 1170. The Labute approximate surface area is 170 Å². The van der Waals surface area contributed by atoms with Crippen molar-refractivity contribution in [3.8, 4) is 0 Å². The number of nitrogens with one attached hydrogen (secondary N) is 1. The van der Waals surface area contributed by atoms with Gasteiger partial charge in [0, 0.05) is 12.5 Å². The fourth-order valence-corrected chi connectivity index (χ4v) is 3.68. The molecule has 4 aromatic rings. The first-order valence-corrected chi connectivity index (χ1v) is 9.44. The van der Waals surface area contributed by atoms with Crippen LogP contribution >= 0.6 is 35.8 Å². The zero-order valence-electron chi connectivity index (χ0n) is 13.9. The minimum atomic E-state index is -0.497. The molecule has 0 radical (unpaired) electrons. The lowest BCUT2D eigenvalue weighted by Crippen LogP contribution is -2.16. The summed E-state index contributed by atoms with van der Waals surface area (Å²) < 4.78 is 1.32. The van der Waals surface area contributed by atoms with Gasteiger partial charge in [0.25, 0.3) is 11.3 Å². The zero-order valence-corrected chi connectivity index (χ0v) is 16.3. The number of aromatic amines is 1. The lowest BCUT2D eigenvalue weighted by molar-refractivity contribution is 0.851. The molecule has 0 aliphatic carbocycles. The second-order valence-electron chi connectivity index (χ2n) is 6.03. The normalized spacial score (nSPS) is 12.4. The molecule has 0 spiro atoms. The molecule has 8 heteroatoms. The molecule has 27 heavy (non-hydrogen) atoms. The van der Waals surface area contributed by atoms with Gasteiger partial charge in [0.1, 0.15) is 5.82 Å². The molecule has 0 amide bonds. The first-order chi connectivity index (χ1) is 13.0. The van der Waals surface area contributed by atoms with Crippen LogP contribution in [-0.4, -0.2) is 19.6 Å². The van der Waals surface area contributed by atoms with Gasteiger partial charge < -0.3 is 0 Å². The fourth-order valence-electron chi connectivity index (χ4n) is 2.84. The number of benzene rings is 2. The van der Waals surface area contributed by atoms with Crippen molar-refractivity contribution >= 4 is 41.6 Å². The molecule has 0 aliphatic heterocycles. The third-order valence-corrected chi connectivity index (χ3v) is 5.54. The second kappa shape index (κ2) is 7.38. The molecule has 0 saturated carbocycles. The first-order valence-electron chi connectivity index (χ1n) is 8.17. The van der Waals surface area contributed by atoms with E-state index < -0.39 is 5.25 Å². The number of hydrogen-bond donors (Lipinski definition) is 2. The van der Waals surface area contributed by atoms with Crippen LogP contribution in [0, 0.1) is 0 Å². The van der Waals surface area contributed by atoms with E-state index in [9.17, 15) is 4.79 Å². The SMILES string of the molecule is O=c1cc(C(S)c2cccc(Cl)c2Cl)nc2nc(Cc3ccccc3)[nH]n12. The monoisotopic (exact) mass is 416 g/mol. The number of H-pyrrole nitrogens is 1. The summed E-state index contributed by atoms with van der Waals surface area (Å²) in [6.45, 7) is 0. The number of hydrogen-bond acceptors (Lipinski definition) is 4. The van der Waals surface area contributed by atoms with Gasteiger partial charge in [-0.3, -0.25) is 9.89 Å². The molecule has 136 valence electrons. The van der Waals surface area contributed by atoms with E-state index in [1.807, 2.05) is 30.3 Å². The molecule has 5 nitrogen and oxygen atoms in total. The van der Waals surface area contributed by atoms with Crippen molar-refractivity contribution < 1.29 is 0 Å². The van der Waals surface area contributed by atoms with Crippen molar-refractivity contribution in [3.63, 3.8) is 0 Å². The summed E-state index contributed by atoms with van der Waals surface area (Å²) >= 11 is 17.0. The number of aromatic nitrogens is 4. The predicted molar refractivity (Wildman–Crippen MR) is 110 cm³/mol. The minimum Gasteiger partial charge on any atom is -0.275 e. The summed E-state index contributed by atoms with van der Waals surface area (Å²) in [7, 11) is 0. The van der Waals surface area contributed by atoms with Gasteiger partial charge in [-0.1, -0.05) is 65.7 Å². The zero-order chi connectivity index (χ0) is 19.0. The number of thiol groups is 1. The Morgan fingerprint density at radius 3 is 2.63 bits per heavy atom. The molecule has 0 bridgehead atoms. The third-order valence-electron chi connectivity index (χ3n) is 4.17. The number of nitrogens with zero attached hydrogens (tertiary/aromatic N) is 3. The Morgan fingerprint density at radius 1 is 1.07 bits per heavy atom. The number of rotatable bonds is 4. The number of fused-ring (bicyclic) bond motifs is 1.